The highest BCUT2D eigenvalue weighted by Crippen LogP contribution is 2.40. The van der Waals surface area contributed by atoms with Crippen LogP contribution in [0.3, 0.4) is 0 Å². The van der Waals surface area contributed by atoms with Crippen LogP contribution in [0.25, 0.3) is 11.4 Å². The van der Waals surface area contributed by atoms with Gasteiger partial charge in [-0.05, 0) is 36.8 Å². The number of hydrogen-bond acceptors (Lipinski definition) is 6. The zero-order chi connectivity index (χ0) is 23.5. The number of imidazole rings is 1. The summed E-state index contributed by atoms with van der Waals surface area (Å²) in [4.78, 5) is 32.0. The van der Waals surface area contributed by atoms with Gasteiger partial charge in [-0.1, -0.05) is 30.9 Å². The normalized spacial score (nSPS) is 17.6. The summed E-state index contributed by atoms with van der Waals surface area (Å²) in [6.07, 6.45) is 3.40. The fourth-order valence-corrected chi connectivity index (χ4v) is 4.07. The molecule has 0 saturated carbocycles. The Balaban J connectivity index is 1.86. The highest BCUT2D eigenvalue weighted by molar-refractivity contribution is 6.46. The molecule has 1 amide bonds. The van der Waals surface area contributed by atoms with Gasteiger partial charge in [-0.3, -0.25) is 14.0 Å². The van der Waals surface area contributed by atoms with Gasteiger partial charge in [0.15, 0.2) is 5.76 Å². The Morgan fingerprint density at radius 2 is 1.97 bits per heavy atom. The second kappa shape index (κ2) is 9.30. The van der Waals surface area contributed by atoms with Crippen molar-refractivity contribution in [2.75, 3.05) is 26.9 Å². The van der Waals surface area contributed by atoms with Crippen molar-refractivity contribution in [1.29, 1.82) is 0 Å². The lowest BCUT2D eigenvalue weighted by atomic mass is 9.96. The number of hydrogen-bond donors (Lipinski definition) is 1. The molecule has 1 N–H and O–H groups in total. The van der Waals surface area contributed by atoms with Crippen molar-refractivity contribution >= 4 is 23.1 Å². The van der Waals surface area contributed by atoms with Crippen molar-refractivity contribution < 1.29 is 24.2 Å². The number of amides is 1. The third-order valence-corrected chi connectivity index (χ3v) is 5.57. The Morgan fingerprint density at radius 1 is 1.21 bits per heavy atom. The summed E-state index contributed by atoms with van der Waals surface area (Å²) in [5, 5.41) is 11.4. The monoisotopic (exact) mass is 447 g/mol. The first kappa shape index (κ1) is 22.3. The fourth-order valence-electron chi connectivity index (χ4n) is 4.07. The molecule has 0 radical (unpaired) electrons. The molecule has 1 unspecified atom stereocenters. The molecular formula is C25H25N3O5. The standard InChI is InChI=1S/C25H25N3O5/c1-4-14-33-18-10-8-17(9-11-18)22-20(24(30)25(31)28(22)13-15-32-3)23(29)21-16(2)26-19-7-5-6-12-27(19)21/h4-12,22,29H,1,13-15H2,2-3H3. The van der Waals surface area contributed by atoms with E-state index in [-0.39, 0.29) is 24.5 Å². The predicted octanol–water partition coefficient (Wildman–Crippen LogP) is 3.28. The maximum atomic E-state index is 13.1. The summed E-state index contributed by atoms with van der Waals surface area (Å²) >= 11 is 0. The number of ether oxygens (including phenoxy) is 2. The van der Waals surface area contributed by atoms with Crippen LogP contribution in [0.5, 0.6) is 5.75 Å². The Kier molecular flexibility index (Phi) is 6.28. The third kappa shape index (κ3) is 4.01. The number of rotatable bonds is 8. The topological polar surface area (TPSA) is 93.4 Å². The maximum Gasteiger partial charge on any atom is 0.295 e. The first-order valence-electron chi connectivity index (χ1n) is 10.5. The Labute approximate surface area is 191 Å². The van der Waals surface area contributed by atoms with E-state index in [1.807, 2.05) is 12.1 Å². The number of pyridine rings is 1. The van der Waals surface area contributed by atoms with Crippen molar-refractivity contribution in [3.63, 3.8) is 0 Å². The Morgan fingerprint density at radius 3 is 2.67 bits per heavy atom. The molecule has 0 spiro atoms. The minimum atomic E-state index is -0.776. The average Bonchev–Trinajstić information content (AvgIpc) is 3.29. The summed E-state index contributed by atoms with van der Waals surface area (Å²) < 4.78 is 12.4. The molecule has 2 aromatic heterocycles. The van der Waals surface area contributed by atoms with Gasteiger partial charge in [0.1, 0.15) is 23.7 Å². The number of nitrogens with zero attached hydrogens (tertiary/aromatic N) is 3. The molecule has 0 bridgehead atoms. The number of fused-ring (bicyclic) bond motifs is 1. The SMILES string of the molecule is C=CCOc1ccc(C2C(=C(O)c3c(C)nc4ccccn34)C(=O)C(=O)N2CCOC)cc1. The zero-order valence-electron chi connectivity index (χ0n) is 18.5. The Bertz CT molecular complexity index is 1240. The molecule has 1 saturated heterocycles. The molecule has 3 heterocycles. The predicted molar refractivity (Wildman–Crippen MR) is 123 cm³/mol. The van der Waals surface area contributed by atoms with Gasteiger partial charge >= 0.3 is 0 Å². The molecule has 3 aromatic rings. The molecule has 1 aliphatic rings. The molecule has 8 nitrogen and oxygen atoms in total. The lowest BCUT2D eigenvalue weighted by Crippen LogP contribution is -2.32. The number of ketones is 1. The van der Waals surface area contributed by atoms with Crippen LogP contribution in [0.4, 0.5) is 0 Å². The fraction of sp³-hybridized carbons (Fsp3) is 0.240. The number of likely N-dealkylation sites (tertiary alicyclic amines) is 1. The molecule has 170 valence electrons. The highest BCUT2D eigenvalue weighted by Gasteiger charge is 2.46. The number of carbonyl (C=O) groups is 2. The van der Waals surface area contributed by atoms with Crippen LogP contribution in [-0.4, -0.2) is 57.9 Å². The number of Topliss-reactive ketones (excluding diaryl/α,β-unsaturated/α-hetero) is 1. The second-order valence-corrected chi connectivity index (χ2v) is 7.63. The molecule has 1 fully saturated rings. The lowest BCUT2D eigenvalue weighted by Gasteiger charge is -2.25. The minimum Gasteiger partial charge on any atom is -0.505 e. The molecular weight excluding hydrogens is 422 g/mol. The van der Waals surface area contributed by atoms with Gasteiger partial charge in [-0.2, -0.15) is 0 Å². The van der Waals surface area contributed by atoms with E-state index in [1.54, 1.807) is 53.9 Å². The number of carbonyl (C=O) groups excluding carboxylic acids is 2. The van der Waals surface area contributed by atoms with Gasteiger partial charge in [0.25, 0.3) is 11.7 Å². The van der Waals surface area contributed by atoms with Gasteiger partial charge in [-0.25, -0.2) is 4.98 Å². The highest BCUT2D eigenvalue weighted by atomic mass is 16.5. The number of aryl methyl sites for hydroxylation is 1. The van der Waals surface area contributed by atoms with Crippen LogP contribution in [0.1, 0.15) is 23.0 Å². The summed E-state index contributed by atoms with van der Waals surface area (Å²) in [6, 6.07) is 11.8. The smallest absolute Gasteiger partial charge is 0.295 e. The molecule has 1 atom stereocenters. The third-order valence-electron chi connectivity index (χ3n) is 5.57. The largest absolute Gasteiger partial charge is 0.505 e. The van der Waals surface area contributed by atoms with Crippen molar-refractivity contribution in [1.82, 2.24) is 14.3 Å². The van der Waals surface area contributed by atoms with E-state index in [4.69, 9.17) is 9.47 Å². The van der Waals surface area contributed by atoms with E-state index in [9.17, 15) is 14.7 Å². The van der Waals surface area contributed by atoms with Gasteiger partial charge in [-0.15, -0.1) is 0 Å². The van der Waals surface area contributed by atoms with Gasteiger partial charge in [0.2, 0.25) is 0 Å². The molecule has 1 aromatic carbocycles. The summed E-state index contributed by atoms with van der Waals surface area (Å²) in [7, 11) is 1.53. The van der Waals surface area contributed by atoms with Crippen molar-refractivity contribution in [2.45, 2.75) is 13.0 Å². The van der Waals surface area contributed by atoms with Gasteiger partial charge in [0.05, 0.1) is 23.9 Å². The van der Waals surface area contributed by atoms with Crippen LogP contribution >= 0.6 is 0 Å². The molecule has 1 aliphatic heterocycles. The van der Waals surface area contributed by atoms with E-state index in [1.165, 1.54) is 12.0 Å². The van der Waals surface area contributed by atoms with Crippen molar-refractivity contribution in [2.24, 2.45) is 0 Å². The number of aromatic nitrogens is 2. The summed E-state index contributed by atoms with van der Waals surface area (Å²) in [6.45, 7) is 6.19. The number of aliphatic hydroxyl groups is 1. The van der Waals surface area contributed by atoms with E-state index >= 15 is 0 Å². The van der Waals surface area contributed by atoms with Crippen molar-refractivity contribution in [3.8, 4) is 5.75 Å². The molecule has 33 heavy (non-hydrogen) atoms. The van der Waals surface area contributed by atoms with Crippen LogP contribution in [0.15, 0.2) is 66.9 Å². The van der Waals surface area contributed by atoms with Crippen LogP contribution in [0, 0.1) is 6.92 Å². The number of methoxy groups -OCH3 is 1. The minimum absolute atomic E-state index is 0.0182. The Hall–Kier alpha value is -3.91. The summed E-state index contributed by atoms with van der Waals surface area (Å²) in [5.41, 5.74) is 2.25. The molecule has 4 rings (SSSR count). The first-order valence-corrected chi connectivity index (χ1v) is 10.5. The molecule has 0 aliphatic carbocycles. The quantitative estimate of drug-likeness (QED) is 0.247. The first-order chi connectivity index (χ1) is 16.0. The number of benzene rings is 1. The van der Waals surface area contributed by atoms with Gasteiger partial charge < -0.3 is 19.5 Å². The van der Waals surface area contributed by atoms with Crippen LogP contribution in [0.2, 0.25) is 0 Å². The average molecular weight is 447 g/mol. The van der Waals surface area contributed by atoms with E-state index < -0.39 is 17.7 Å². The summed E-state index contributed by atoms with van der Waals surface area (Å²) in [5.74, 6) is -1.06. The van der Waals surface area contributed by atoms with E-state index in [2.05, 4.69) is 11.6 Å². The second-order valence-electron chi connectivity index (χ2n) is 7.63. The van der Waals surface area contributed by atoms with E-state index in [0.29, 0.717) is 35.0 Å². The zero-order valence-corrected chi connectivity index (χ0v) is 18.5. The molecule has 8 heteroatoms. The van der Waals surface area contributed by atoms with Gasteiger partial charge in [0, 0.05) is 19.9 Å². The maximum absolute atomic E-state index is 13.1. The van der Waals surface area contributed by atoms with Crippen LogP contribution in [-0.2, 0) is 14.3 Å². The number of aliphatic hydroxyl groups excluding tert-OH is 1. The van der Waals surface area contributed by atoms with E-state index in [0.717, 1.165) is 0 Å². The van der Waals surface area contributed by atoms with Crippen LogP contribution < -0.4 is 4.74 Å². The lowest BCUT2D eigenvalue weighted by molar-refractivity contribution is -0.140. The van der Waals surface area contributed by atoms with Crippen molar-refractivity contribution in [3.05, 3.63) is 83.8 Å².